The van der Waals surface area contributed by atoms with Gasteiger partial charge in [-0.2, -0.15) is 0 Å². The molecule has 2 rings (SSSR count). The topological polar surface area (TPSA) is 55.3 Å². The lowest BCUT2D eigenvalue weighted by Gasteiger charge is -2.31. The third kappa shape index (κ3) is 3.64. The highest BCUT2D eigenvalue weighted by atomic mass is 35.5. The average molecular weight is 304 g/mol. The van der Waals surface area contributed by atoms with Crippen LogP contribution in [0.4, 0.5) is 0 Å². The smallest absolute Gasteiger partial charge is 0.267 e. The Morgan fingerprint density at radius 3 is 2.89 bits per heavy atom. The zero-order valence-corrected chi connectivity index (χ0v) is 12.5. The second-order valence-corrected chi connectivity index (χ2v) is 5.59. The van der Waals surface area contributed by atoms with Crippen molar-refractivity contribution in [1.29, 1.82) is 0 Å². The van der Waals surface area contributed by atoms with Crippen LogP contribution in [0.3, 0.4) is 0 Å². The lowest BCUT2D eigenvalue weighted by Crippen LogP contribution is -2.41. The van der Waals surface area contributed by atoms with E-state index < -0.39 is 0 Å². The minimum atomic E-state index is 0.0580. The molecule has 0 aliphatic carbocycles. The molecule has 0 radical (unpaired) electrons. The number of piperidine rings is 1. The fourth-order valence-electron chi connectivity index (χ4n) is 2.18. The number of aryl methyl sites for hydroxylation is 1. The molecule has 0 bridgehead atoms. The van der Waals surface area contributed by atoms with E-state index in [1.54, 1.807) is 0 Å². The first-order chi connectivity index (χ1) is 9.26. The molecule has 0 aromatic carbocycles. The number of alkyl halides is 1. The Morgan fingerprint density at radius 2 is 2.26 bits per heavy atom. The van der Waals surface area contributed by atoms with Crippen LogP contribution in [0.1, 0.15) is 35.1 Å². The zero-order chi connectivity index (χ0) is 13.7. The first-order valence-electron chi connectivity index (χ1n) is 6.54. The molecule has 0 atom stereocenters. The van der Waals surface area contributed by atoms with E-state index in [2.05, 4.69) is 9.59 Å². The van der Waals surface area contributed by atoms with E-state index in [9.17, 15) is 4.79 Å². The Labute approximate surface area is 122 Å². The molecule has 0 saturated carbocycles. The Morgan fingerprint density at radius 1 is 1.53 bits per heavy atom. The van der Waals surface area contributed by atoms with Gasteiger partial charge in [-0.15, -0.1) is 16.7 Å². The number of carbonyl (C=O) groups is 1. The molecule has 1 amide bonds. The summed E-state index contributed by atoms with van der Waals surface area (Å²) in [6, 6.07) is 0. The van der Waals surface area contributed by atoms with Crippen LogP contribution < -0.4 is 0 Å². The number of rotatable bonds is 5. The number of nitrogens with zero attached hydrogens (tertiary/aromatic N) is 3. The molecular weight excluding hydrogens is 286 g/mol. The van der Waals surface area contributed by atoms with E-state index in [1.165, 1.54) is 11.5 Å². The van der Waals surface area contributed by atoms with E-state index in [0.717, 1.165) is 38.0 Å². The van der Waals surface area contributed by atoms with Gasteiger partial charge in [0, 0.05) is 19.0 Å². The summed E-state index contributed by atoms with van der Waals surface area (Å²) in [6.07, 6.45) is 2.72. The molecule has 0 N–H and O–H groups in total. The van der Waals surface area contributed by atoms with Crippen LogP contribution in [0.25, 0.3) is 0 Å². The summed E-state index contributed by atoms with van der Waals surface area (Å²) in [7, 11) is 0. The molecule has 1 aromatic heterocycles. The number of hydrogen-bond donors (Lipinski definition) is 0. The van der Waals surface area contributed by atoms with Crippen LogP contribution in [0.5, 0.6) is 0 Å². The van der Waals surface area contributed by atoms with Crippen molar-refractivity contribution in [2.24, 2.45) is 0 Å². The third-order valence-corrected chi connectivity index (χ3v) is 4.16. The molecule has 19 heavy (non-hydrogen) atoms. The standard InChI is InChI=1S/C12H18ClN3O2S/c1-2-10-11(19-15-14-10)12(17)16-6-3-9(4-7-16)18-8-5-13/h9H,2-8H2,1H3. The van der Waals surface area contributed by atoms with Crippen molar-refractivity contribution in [2.75, 3.05) is 25.6 Å². The van der Waals surface area contributed by atoms with Gasteiger partial charge in [-0.25, -0.2) is 0 Å². The van der Waals surface area contributed by atoms with Gasteiger partial charge in [-0.1, -0.05) is 11.4 Å². The summed E-state index contributed by atoms with van der Waals surface area (Å²) < 4.78 is 9.47. The van der Waals surface area contributed by atoms with Gasteiger partial charge in [0.05, 0.1) is 18.4 Å². The molecule has 1 aliphatic heterocycles. The molecule has 1 aliphatic rings. The van der Waals surface area contributed by atoms with Crippen molar-refractivity contribution in [3.05, 3.63) is 10.6 Å². The zero-order valence-electron chi connectivity index (χ0n) is 11.0. The summed E-state index contributed by atoms with van der Waals surface area (Å²) in [5, 5.41) is 3.99. The molecular formula is C12H18ClN3O2S. The Bertz CT molecular complexity index is 419. The van der Waals surface area contributed by atoms with Crippen LogP contribution in [-0.2, 0) is 11.2 Å². The van der Waals surface area contributed by atoms with Crippen LogP contribution >= 0.6 is 23.1 Å². The van der Waals surface area contributed by atoms with Crippen molar-refractivity contribution in [3.63, 3.8) is 0 Å². The van der Waals surface area contributed by atoms with Gasteiger partial charge in [0.2, 0.25) is 0 Å². The normalized spacial score (nSPS) is 16.8. The fraction of sp³-hybridized carbons (Fsp3) is 0.750. The highest BCUT2D eigenvalue weighted by Crippen LogP contribution is 2.19. The minimum absolute atomic E-state index is 0.0580. The van der Waals surface area contributed by atoms with E-state index in [-0.39, 0.29) is 12.0 Å². The lowest BCUT2D eigenvalue weighted by atomic mass is 10.1. The number of likely N-dealkylation sites (tertiary alicyclic amines) is 1. The predicted octanol–water partition coefficient (Wildman–Crippen LogP) is 1.96. The number of hydrogen-bond acceptors (Lipinski definition) is 5. The maximum Gasteiger partial charge on any atom is 0.267 e. The second-order valence-electron chi connectivity index (χ2n) is 4.45. The van der Waals surface area contributed by atoms with Crippen molar-refractivity contribution in [2.45, 2.75) is 32.3 Å². The molecule has 0 unspecified atom stereocenters. The third-order valence-electron chi connectivity index (χ3n) is 3.24. The summed E-state index contributed by atoms with van der Waals surface area (Å²) >= 11 is 6.79. The first-order valence-corrected chi connectivity index (χ1v) is 7.85. The maximum atomic E-state index is 12.4. The highest BCUT2D eigenvalue weighted by Gasteiger charge is 2.26. The first kappa shape index (κ1) is 14.7. The number of aromatic nitrogens is 2. The molecule has 5 nitrogen and oxygen atoms in total. The van der Waals surface area contributed by atoms with E-state index in [0.29, 0.717) is 17.4 Å². The van der Waals surface area contributed by atoms with Crippen LogP contribution in [0, 0.1) is 0 Å². The van der Waals surface area contributed by atoms with Gasteiger partial charge >= 0.3 is 0 Å². The van der Waals surface area contributed by atoms with Gasteiger partial charge in [-0.3, -0.25) is 4.79 Å². The molecule has 7 heteroatoms. The predicted molar refractivity (Wildman–Crippen MR) is 74.9 cm³/mol. The van der Waals surface area contributed by atoms with Crippen molar-refractivity contribution in [1.82, 2.24) is 14.5 Å². The van der Waals surface area contributed by atoms with Crippen LogP contribution in [0.15, 0.2) is 0 Å². The maximum absolute atomic E-state index is 12.4. The molecule has 2 heterocycles. The lowest BCUT2D eigenvalue weighted by molar-refractivity contribution is 0.0155. The highest BCUT2D eigenvalue weighted by molar-refractivity contribution is 7.08. The average Bonchev–Trinajstić information content (AvgIpc) is 2.93. The number of carbonyl (C=O) groups excluding carboxylic acids is 1. The molecule has 106 valence electrons. The summed E-state index contributed by atoms with van der Waals surface area (Å²) in [5.41, 5.74) is 0.801. The SMILES string of the molecule is CCc1nnsc1C(=O)N1CCC(OCCCl)CC1. The van der Waals surface area contributed by atoms with Crippen molar-refractivity contribution in [3.8, 4) is 0 Å². The Hall–Kier alpha value is -0.720. The van der Waals surface area contributed by atoms with Gasteiger partial charge in [0.25, 0.3) is 5.91 Å². The van der Waals surface area contributed by atoms with E-state index in [1.807, 2.05) is 11.8 Å². The van der Waals surface area contributed by atoms with E-state index in [4.69, 9.17) is 16.3 Å². The van der Waals surface area contributed by atoms with Crippen molar-refractivity contribution < 1.29 is 9.53 Å². The number of amides is 1. The fourth-order valence-corrected chi connectivity index (χ4v) is 2.99. The molecule has 1 saturated heterocycles. The van der Waals surface area contributed by atoms with Crippen molar-refractivity contribution >= 4 is 29.0 Å². The molecule has 0 spiro atoms. The summed E-state index contributed by atoms with van der Waals surface area (Å²) in [6.45, 7) is 4.03. The summed E-state index contributed by atoms with van der Waals surface area (Å²) in [5.74, 6) is 0.577. The monoisotopic (exact) mass is 303 g/mol. The Kier molecular flexibility index (Phi) is 5.54. The van der Waals surface area contributed by atoms with Crippen LogP contribution in [-0.4, -0.2) is 52.1 Å². The van der Waals surface area contributed by atoms with E-state index >= 15 is 0 Å². The largest absolute Gasteiger partial charge is 0.377 e. The summed E-state index contributed by atoms with van der Waals surface area (Å²) in [4.78, 5) is 14.9. The van der Waals surface area contributed by atoms with Gasteiger partial charge in [-0.05, 0) is 30.8 Å². The quantitative estimate of drug-likeness (QED) is 0.780. The molecule has 1 fully saturated rings. The molecule has 1 aromatic rings. The Balaban J connectivity index is 1.89. The van der Waals surface area contributed by atoms with Gasteiger partial charge in [0.15, 0.2) is 0 Å². The van der Waals surface area contributed by atoms with Crippen LogP contribution in [0.2, 0.25) is 0 Å². The second kappa shape index (κ2) is 7.17. The number of halogens is 1. The van der Waals surface area contributed by atoms with Gasteiger partial charge < -0.3 is 9.64 Å². The minimum Gasteiger partial charge on any atom is -0.377 e. The number of ether oxygens (including phenoxy) is 1. The van der Waals surface area contributed by atoms with Gasteiger partial charge in [0.1, 0.15) is 4.88 Å².